The first-order valence-corrected chi connectivity index (χ1v) is 11.5. The van der Waals surface area contributed by atoms with Crippen LogP contribution in [0.4, 0.5) is 5.82 Å². The topological polar surface area (TPSA) is 64.6 Å². The summed E-state index contributed by atoms with van der Waals surface area (Å²) in [6, 6.07) is 0. The predicted molar refractivity (Wildman–Crippen MR) is 121 cm³/mol. The highest BCUT2D eigenvalue weighted by Crippen LogP contribution is 2.35. The summed E-state index contributed by atoms with van der Waals surface area (Å²) in [6.07, 6.45) is 4.02. The average molecular weight is 419 g/mol. The van der Waals surface area contributed by atoms with Gasteiger partial charge in [0.1, 0.15) is 17.0 Å². The number of thiophene rings is 1. The van der Waals surface area contributed by atoms with Crippen molar-refractivity contribution in [2.24, 2.45) is 0 Å². The van der Waals surface area contributed by atoms with E-state index in [1.54, 1.807) is 6.33 Å². The maximum Gasteiger partial charge on any atom is 0.261 e. The zero-order valence-electron chi connectivity index (χ0n) is 18.2. The highest BCUT2D eigenvalue weighted by molar-refractivity contribution is 7.20. The minimum Gasteiger partial charge on any atom is -0.353 e. The van der Waals surface area contributed by atoms with Crippen LogP contribution in [0.2, 0.25) is 0 Å². The second-order valence-corrected chi connectivity index (χ2v) is 8.77. The van der Waals surface area contributed by atoms with Gasteiger partial charge >= 0.3 is 0 Å². The van der Waals surface area contributed by atoms with Gasteiger partial charge < -0.3 is 20.0 Å². The van der Waals surface area contributed by atoms with Gasteiger partial charge in [-0.3, -0.25) is 4.79 Å². The minimum atomic E-state index is 0.00127. The number of rotatable bonds is 9. The lowest BCUT2D eigenvalue weighted by Crippen LogP contribution is -2.44. The molecule has 0 unspecified atom stereocenters. The Morgan fingerprint density at radius 3 is 2.66 bits per heavy atom. The Kier molecular flexibility index (Phi) is 7.80. The standard InChI is InChI=1S/C21H34N6OS/c1-5-7-9-26(6-2)10-8-22-20(28)18-16(3)17-19(23-15-24-21(17)29-18)27-13-11-25(4)12-14-27/h15H,5-14H2,1-4H3,(H,22,28). The normalized spacial score (nSPS) is 15.4. The number of nitrogens with one attached hydrogen (secondary N) is 1. The fraction of sp³-hybridized carbons (Fsp3) is 0.667. The van der Waals surface area contributed by atoms with Gasteiger partial charge in [-0.2, -0.15) is 0 Å². The highest BCUT2D eigenvalue weighted by atomic mass is 32.1. The molecule has 0 spiro atoms. The van der Waals surface area contributed by atoms with Crippen molar-refractivity contribution in [3.05, 3.63) is 16.8 Å². The van der Waals surface area contributed by atoms with Gasteiger partial charge in [0, 0.05) is 39.3 Å². The first kappa shape index (κ1) is 21.9. The number of carbonyl (C=O) groups excluding carboxylic acids is 1. The maximum atomic E-state index is 12.9. The summed E-state index contributed by atoms with van der Waals surface area (Å²) >= 11 is 1.48. The Hall–Kier alpha value is -1.77. The van der Waals surface area contributed by atoms with Crippen LogP contribution in [0, 0.1) is 6.92 Å². The molecule has 0 atom stereocenters. The van der Waals surface area contributed by atoms with E-state index in [1.807, 2.05) is 6.92 Å². The van der Waals surface area contributed by atoms with E-state index >= 15 is 0 Å². The number of fused-ring (bicyclic) bond motifs is 1. The molecule has 7 nitrogen and oxygen atoms in total. The molecule has 1 aliphatic rings. The fourth-order valence-corrected chi connectivity index (χ4v) is 4.80. The molecule has 0 aromatic carbocycles. The maximum absolute atomic E-state index is 12.9. The molecule has 3 rings (SSSR count). The van der Waals surface area contributed by atoms with Crippen LogP contribution < -0.4 is 10.2 Å². The Bertz CT molecular complexity index is 815. The fourth-order valence-electron chi connectivity index (χ4n) is 3.75. The highest BCUT2D eigenvalue weighted by Gasteiger charge is 2.23. The number of nitrogens with zero attached hydrogens (tertiary/aromatic N) is 5. The number of unbranched alkanes of at least 4 members (excludes halogenated alkanes) is 1. The Labute approximate surface area is 178 Å². The van der Waals surface area contributed by atoms with Gasteiger partial charge in [0.15, 0.2) is 0 Å². The number of carbonyl (C=O) groups is 1. The third-order valence-electron chi connectivity index (χ3n) is 5.70. The lowest BCUT2D eigenvalue weighted by molar-refractivity contribution is 0.0952. The summed E-state index contributed by atoms with van der Waals surface area (Å²) in [5.41, 5.74) is 0.996. The van der Waals surface area contributed by atoms with Crippen LogP contribution in [-0.4, -0.2) is 85.1 Å². The van der Waals surface area contributed by atoms with Crippen molar-refractivity contribution in [2.75, 3.05) is 64.3 Å². The van der Waals surface area contributed by atoms with Crippen LogP contribution in [0.3, 0.4) is 0 Å². The van der Waals surface area contributed by atoms with Crippen LogP contribution in [0.5, 0.6) is 0 Å². The first-order valence-electron chi connectivity index (χ1n) is 10.7. The van der Waals surface area contributed by atoms with E-state index in [9.17, 15) is 4.79 Å². The SMILES string of the molecule is CCCCN(CC)CCNC(=O)c1sc2ncnc(N3CCN(C)CC3)c2c1C. The molecule has 0 bridgehead atoms. The van der Waals surface area contributed by atoms with Crippen molar-refractivity contribution in [3.63, 3.8) is 0 Å². The molecular formula is C21H34N6OS. The number of hydrogen-bond acceptors (Lipinski definition) is 7. The lowest BCUT2D eigenvalue weighted by Gasteiger charge is -2.33. The van der Waals surface area contributed by atoms with Gasteiger partial charge in [-0.1, -0.05) is 20.3 Å². The smallest absolute Gasteiger partial charge is 0.261 e. The van der Waals surface area contributed by atoms with Crippen LogP contribution in [0.25, 0.3) is 10.2 Å². The average Bonchev–Trinajstić information content (AvgIpc) is 3.08. The van der Waals surface area contributed by atoms with Crippen LogP contribution in [0.15, 0.2) is 6.33 Å². The van der Waals surface area contributed by atoms with Gasteiger partial charge in [0.05, 0.1) is 10.3 Å². The molecular weight excluding hydrogens is 384 g/mol. The molecule has 0 saturated carbocycles. The zero-order valence-corrected chi connectivity index (χ0v) is 19.0. The van der Waals surface area contributed by atoms with E-state index in [0.29, 0.717) is 6.54 Å². The molecule has 1 aliphatic heterocycles. The van der Waals surface area contributed by atoms with Crippen molar-refractivity contribution in [1.29, 1.82) is 0 Å². The molecule has 29 heavy (non-hydrogen) atoms. The first-order chi connectivity index (χ1) is 14.0. The van der Waals surface area contributed by atoms with Crippen molar-refractivity contribution in [1.82, 2.24) is 25.1 Å². The van der Waals surface area contributed by atoms with Crippen molar-refractivity contribution in [2.45, 2.75) is 33.6 Å². The number of aromatic nitrogens is 2. The van der Waals surface area contributed by atoms with E-state index in [4.69, 9.17) is 0 Å². The van der Waals surface area contributed by atoms with E-state index in [1.165, 1.54) is 24.2 Å². The third-order valence-corrected chi connectivity index (χ3v) is 6.90. The zero-order chi connectivity index (χ0) is 20.8. The van der Waals surface area contributed by atoms with E-state index in [-0.39, 0.29) is 5.91 Å². The molecule has 160 valence electrons. The number of amides is 1. The van der Waals surface area contributed by atoms with E-state index in [0.717, 1.165) is 72.3 Å². The van der Waals surface area contributed by atoms with E-state index in [2.05, 4.69) is 50.9 Å². The Balaban J connectivity index is 1.71. The second-order valence-electron chi connectivity index (χ2n) is 7.77. The Morgan fingerprint density at radius 1 is 1.21 bits per heavy atom. The van der Waals surface area contributed by atoms with Gasteiger partial charge in [-0.05, 0) is 39.0 Å². The molecule has 0 radical (unpaired) electrons. The summed E-state index contributed by atoms with van der Waals surface area (Å²) in [5.74, 6) is 0.967. The summed E-state index contributed by atoms with van der Waals surface area (Å²) < 4.78 is 0. The number of aryl methyl sites for hydroxylation is 1. The summed E-state index contributed by atoms with van der Waals surface area (Å²) in [7, 11) is 2.15. The minimum absolute atomic E-state index is 0.00127. The number of anilines is 1. The molecule has 2 aromatic rings. The Morgan fingerprint density at radius 2 is 1.97 bits per heavy atom. The monoisotopic (exact) mass is 418 g/mol. The molecule has 1 saturated heterocycles. The van der Waals surface area contributed by atoms with Gasteiger partial charge in [0.2, 0.25) is 0 Å². The van der Waals surface area contributed by atoms with Crippen molar-refractivity contribution in [3.8, 4) is 0 Å². The molecule has 8 heteroatoms. The molecule has 1 N–H and O–H groups in total. The lowest BCUT2D eigenvalue weighted by atomic mass is 10.1. The molecule has 2 aromatic heterocycles. The van der Waals surface area contributed by atoms with Crippen molar-refractivity contribution >= 4 is 33.3 Å². The predicted octanol–water partition coefficient (Wildman–Crippen LogP) is 2.60. The van der Waals surface area contributed by atoms with Crippen LogP contribution in [0.1, 0.15) is 41.9 Å². The number of hydrogen-bond donors (Lipinski definition) is 1. The van der Waals surface area contributed by atoms with E-state index < -0.39 is 0 Å². The molecule has 1 fully saturated rings. The van der Waals surface area contributed by atoms with Crippen LogP contribution >= 0.6 is 11.3 Å². The number of likely N-dealkylation sites (N-methyl/N-ethyl adjacent to an activating group) is 2. The van der Waals surface area contributed by atoms with Gasteiger partial charge in [-0.25, -0.2) is 9.97 Å². The second kappa shape index (κ2) is 10.3. The van der Waals surface area contributed by atoms with Crippen LogP contribution in [-0.2, 0) is 0 Å². The summed E-state index contributed by atoms with van der Waals surface area (Å²) in [5, 5.41) is 4.14. The summed E-state index contributed by atoms with van der Waals surface area (Å²) in [4.78, 5) is 30.6. The quantitative estimate of drug-likeness (QED) is 0.675. The van der Waals surface area contributed by atoms with Gasteiger partial charge in [0.25, 0.3) is 5.91 Å². The number of piperazine rings is 1. The molecule has 3 heterocycles. The van der Waals surface area contributed by atoms with Crippen molar-refractivity contribution < 1.29 is 4.79 Å². The van der Waals surface area contributed by atoms with Gasteiger partial charge in [-0.15, -0.1) is 11.3 Å². The summed E-state index contributed by atoms with van der Waals surface area (Å²) in [6.45, 7) is 14.0. The largest absolute Gasteiger partial charge is 0.353 e. The molecule has 0 aliphatic carbocycles. The molecule has 1 amide bonds. The third kappa shape index (κ3) is 5.24.